The van der Waals surface area contributed by atoms with Gasteiger partial charge in [0.05, 0.1) is 16.3 Å². The standard InChI is InChI=1S/C18H13Cl2NO4S/c19-11-2-3-12(13(20)8-11)15(22)9-25-18(24)10-1-4-16-14(7-10)21-17(23)5-6-26-16/h1-4,7-8H,5-6,9H2,(H,21,23). The van der Waals surface area contributed by atoms with Crippen molar-refractivity contribution in [3.05, 3.63) is 57.6 Å². The highest BCUT2D eigenvalue weighted by molar-refractivity contribution is 7.99. The molecule has 1 N–H and O–H groups in total. The number of thioether (sulfide) groups is 1. The maximum absolute atomic E-state index is 12.2. The summed E-state index contributed by atoms with van der Waals surface area (Å²) in [6, 6.07) is 9.37. The van der Waals surface area contributed by atoms with E-state index in [9.17, 15) is 14.4 Å². The molecule has 0 fully saturated rings. The monoisotopic (exact) mass is 409 g/mol. The van der Waals surface area contributed by atoms with Crippen LogP contribution < -0.4 is 5.32 Å². The summed E-state index contributed by atoms with van der Waals surface area (Å²) in [5.74, 6) is -0.512. The second-order valence-electron chi connectivity index (χ2n) is 5.48. The van der Waals surface area contributed by atoms with Crippen molar-refractivity contribution in [2.24, 2.45) is 0 Å². The first-order valence-corrected chi connectivity index (χ1v) is 9.40. The lowest BCUT2D eigenvalue weighted by atomic mass is 10.1. The average molecular weight is 410 g/mol. The Labute approximate surface area is 164 Å². The number of rotatable bonds is 4. The largest absolute Gasteiger partial charge is 0.454 e. The molecule has 0 radical (unpaired) electrons. The van der Waals surface area contributed by atoms with Crippen LogP contribution in [0.15, 0.2) is 41.3 Å². The minimum atomic E-state index is -0.658. The zero-order valence-corrected chi connectivity index (χ0v) is 15.7. The lowest BCUT2D eigenvalue weighted by Crippen LogP contribution is -2.15. The lowest BCUT2D eigenvalue weighted by Gasteiger charge is -2.09. The SMILES string of the molecule is O=C1CCSc2ccc(C(=O)OCC(=O)c3ccc(Cl)cc3Cl)cc2N1. The summed E-state index contributed by atoms with van der Waals surface area (Å²) in [4.78, 5) is 36.9. The highest BCUT2D eigenvalue weighted by Crippen LogP contribution is 2.31. The van der Waals surface area contributed by atoms with Crippen molar-refractivity contribution in [1.29, 1.82) is 0 Å². The number of ether oxygens (including phenoxy) is 1. The molecule has 5 nitrogen and oxygen atoms in total. The molecular formula is C18H13Cl2NO4S. The molecule has 0 unspecified atom stereocenters. The van der Waals surface area contributed by atoms with Gasteiger partial charge in [-0.2, -0.15) is 0 Å². The van der Waals surface area contributed by atoms with Crippen LogP contribution in [-0.2, 0) is 9.53 Å². The molecule has 8 heteroatoms. The summed E-state index contributed by atoms with van der Waals surface area (Å²) in [5.41, 5.74) is 1.05. The normalized spacial score (nSPS) is 13.4. The second-order valence-corrected chi connectivity index (χ2v) is 7.46. The van der Waals surface area contributed by atoms with Gasteiger partial charge in [-0.05, 0) is 36.4 Å². The Hall–Kier alpha value is -2.02. The molecule has 1 amide bonds. The predicted molar refractivity (Wildman–Crippen MR) is 101 cm³/mol. The molecule has 1 heterocycles. The van der Waals surface area contributed by atoms with E-state index in [-0.39, 0.29) is 22.1 Å². The molecule has 0 aliphatic carbocycles. The van der Waals surface area contributed by atoms with Crippen LogP contribution in [0.25, 0.3) is 0 Å². The number of amides is 1. The Morgan fingerprint density at radius 2 is 1.96 bits per heavy atom. The number of halogens is 2. The van der Waals surface area contributed by atoms with Gasteiger partial charge in [-0.1, -0.05) is 23.2 Å². The Bertz CT molecular complexity index is 901. The van der Waals surface area contributed by atoms with Crippen LogP contribution >= 0.6 is 35.0 Å². The number of anilines is 1. The molecule has 2 aromatic rings. The van der Waals surface area contributed by atoms with Gasteiger partial charge < -0.3 is 10.1 Å². The summed E-state index contributed by atoms with van der Waals surface area (Å²) in [5, 5.41) is 3.36. The number of hydrogen-bond donors (Lipinski definition) is 1. The number of carbonyl (C=O) groups is 3. The molecule has 0 bridgehead atoms. The first-order valence-electron chi connectivity index (χ1n) is 7.66. The molecule has 26 heavy (non-hydrogen) atoms. The number of Topliss-reactive ketones (excluding diaryl/α,β-unsaturated/α-hetero) is 1. The Balaban J connectivity index is 1.68. The fourth-order valence-electron chi connectivity index (χ4n) is 2.35. The first-order chi connectivity index (χ1) is 12.4. The second kappa shape index (κ2) is 8.12. The quantitative estimate of drug-likeness (QED) is 0.595. The van der Waals surface area contributed by atoms with E-state index in [2.05, 4.69) is 5.32 Å². The lowest BCUT2D eigenvalue weighted by molar-refractivity contribution is -0.115. The van der Waals surface area contributed by atoms with Crippen LogP contribution in [0.3, 0.4) is 0 Å². The topological polar surface area (TPSA) is 72.5 Å². The Morgan fingerprint density at radius 1 is 1.15 bits per heavy atom. The smallest absolute Gasteiger partial charge is 0.338 e. The number of nitrogens with one attached hydrogen (secondary N) is 1. The van der Waals surface area contributed by atoms with Crippen LogP contribution in [0.4, 0.5) is 5.69 Å². The van der Waals surface area contributed by atoms with Crippen molar-refractivity contribution < 1.29 is 19.1 Å². The van der Waals surface area contributed by atoms with Gasteiger partial charge in [0.25, 0.3) is 0 Å². The fraction of sp³-hybridized carbons (Fsp3) is 0.167. The van der Waals surface area contributed by atoms with Gasteiger partial charge >= 0.3 is 5.97 Å². The van der Waals surface area contributed by atoms with E-state index >= 15 is 0 Å². The summed E-state index contributed by atoms with van der Waals surface area (Å²) < 4.78 is 5.08. The summed E-state index contributed by atoms with van der Waals surface area (Å²) in [6.45, 7) is -0.446. The third-order valence-corrected chi connectivity index (χ3v) is 5.26. The van der Waals surface area contributed by atoms with Gasteiger partial charge in [0.2, 0.25) is 11.7 Å². The summed E-state index contributed by atoms with van der Waals surface area (Å²) in [7, 11) is 0. The van der Waals surface area contributed by atoms with Crippen molar-refractivity contribution in [3.8, 4) is 0 Å². The molecule has 0 atom stereocenters. The highest BCUT2D eigenvalue weighted by Gasteiger charge is 2.18. The Morgan fingerprint density at radius 3 is 2.73 bits per heavy atom. The van der Waals surface area contributed by atoms with Crippen LogP contribution in [-0.4, -0.2) is 30.0 Å². The number of hydrogen-bond acceptors (Lipinski definition) is 5. The van der Waals surface area contributed by atoms with Crippen molar-refractivity contribution in [2.75, 3.05) is 17.7 Å². The molecule has 0 spiro atoms. The van der Waals surface area contributed by atoms with Gasteiger partial charge in [0.1, 0.15) is 0 Å². The van der Waals surface area contributed by atoms with E-state index < -0.39 is 18.4 Å². The third-order valence-electron chi connectivity index (χ3n) is 3.64. The van der Waals surface area contributed by atoms with Gasteiger partial charge in [0, 0.05) is 27.7 Å². The maximum Gasteiger partial charge on any atom is 0.338 e. The van der Waals surface area contributed by atoms with Gasteiger partial charge in [0.15, 0.2) is 6.61 Å². The first kappa shape index (κ1) is 18.8. The van der Waals surface area contributed by atoms with Crippen LogP contribution in [0.5, 0.6) is 0 Å². The summed E-state index contributed by atoms with van der Waals surface area (Å²) >= 11 is 13.3. The van der Waals surface area contributed by atoms with E-state index in [0.717, 1.165) is 4.90 Å². The highest BCUT2D eigenvalue weighted by atomic mass is 35.5. The molecular weight excluding hydrogens is 397 g/mol. The van der Waals surface area contributed by atoms with Crippen LogP contribution in [0, 0.1) is 0 Å². The van der Waals surface area contributed by atoms with Crippen molar-refractivity contribution >= 4 is 58.3 Å². The van der Waals surface area contributed by atoms with E-state index in [1.54, 1.807) is 18.2 Å². The molecule has 0 saturated heterocycles. The van der Waals surface area contributed by atoms with E-state index in [0.29, 0.717) is 22.9 Å². The molecule has 0 saturated carbocycles. The molecule has 2 aromatic carbocycles. The van der Waals surface area contributed by atoms with Gasteiger partial charge in [-0.3, -0.25) is 9.59 Å². The number of benzene rings is 2. The third kappa shape index (κ3) is 4.38. The van der Waals surface area contributed by atoms with Crippen molar-refractivity contribution in [3.63, 3.8) is 0 Å². The molecule has 1 aliphatic heterocycles. The minimum absolute atomic E-state index is 0.102. The predicted octanol–water partition coefficient (Wildman–Crippen LogP) is 4.47. The van der Waals surface area contributed by atoms with Crippen LogP contribution in [0.1, 0.15) is 27.1 Å². The van der Waals surface area contributed by atoms with Crippen molar-refractivity contribution in [2.45, 2.75) is 11.3 Å². The molecule has 3 rings (SSSR count). The number of esters is 1. The van der Waals surface area contributed by atoms with Crippen molar-refractivity contribution in [1.82, 2.24) is 0 Å². The minimum Gasteiger partial charge on any atom is -0.454 e. The number of ketones is 1. The van der Waals surface area contributed by atoms with Gasteiger partial charge in [-0.25, -0.2) is 4.79 Å². The zero-order valence-electron chi connectivity index (χ0n) is 13.4. The van der Waals surface area contributed by atoms with E-state index in [1.165, 1.54) is 30.0 Å². The molecule has 134 valence electrons. The Kier molecular flexibility index (Phi) is 5.86. The van der Waals surface area contributed by atoms with Crippen LogP contribution in [0.2, 0.25) is 10.0 Å². The summed E-state index contributed by atoms with van der Waals surface area (Å²) in [6.07, 6.45) is 0.412. The fourth-order valence-corrected chi connectivity index (χ4v) is 3.81. The molecule has 1 aliphatic rings. The van der Waals surface area contributed by atoms with E-state index in [4.69, 9.17) is 27.9 Å². The van der Waals surface area contributed by atoms with Gasteiger partial charge in [-0.15, -0.1) is 11.8 Å². The average Bonchev–Trinajstić information content (AvgIpc) is 2.79. The molecule has 0 aromatic heterocycles. The maximum atomic E-state index is 12.2. The number of fused-ring (bicyclic) bond motifs is 1. The zero-order chi connectivity index (χ0) is 18.7. The number of carbonyl (C=O) groups excluding carboxylic acids is 3. The van der Waals surface area contributed by atoms with E-state index in [1.807, 2.05) is 0 Å².